The van der Waals surface area contributed by atoms with Crippen LogP contribution < -0.4 is 10.2 Å². The monoisotopic (exact) mass is 280 g/mol. The second kappa shape index (κ2) is 7.63. The maximum absolute atomic E-state index is 14.2. The van der Waals surface area contributed by atoms with E-state index in [1.807, 2.05) is 24.1 Å². The quantitative estimate of drug-likeness (QED) is 0.747. The van der Waals surface area contributed by atoms with E-state index < -0.39 is 0 Å². The third-order valence-corrected chi connectivity index (χ3v) is 3.34. The maximum Gasteiger partial charge on any atom is 0.146 e. The predicted molar refractivity (Wildman–Crippen MR) is 85.8 cm³/mol. The van der Waals surface area contributed by atoms with Crippen LogP contribution in [0.15, 0.2) is 18.2 Å². The summed E-state index contributed by atoms with van der Waals surface area (Å²) in [6, 6.07) is 5.54. The molecule has 20 heavy (non-hydrogen) atoms. The molecule has 0 saturated heterocycles. The molecule has 0 aliphatic rings. The van der Waals surface area contributed by atoms with Crippen molar-refractivity contribution in [3.8, 4) is 0 Å². The summed E-state index contributed by atoms with van der Waals surface area (Å²) in [6.45, 7) is 10.1. The van der Waals surface area contributed by atoms with Gasteiger partial charge in [-0.05, 0) is 44.9 Å². The summed E-state index contributed by atoms with van der Waals surface area (Å²) in [5.74, 6) is -0.128. The van der Waals surface area contributed by atoms with Crippen molar-refractivity contribution in [3.05, 3.63) is 29.6 Å². The lowest BCUT2D eigenvalue weighted by Crippen LogP contribution is -2.35. The summed E-state index contributed by atoms with van der Waals surface area (Å²) in [5, 5.41) is 3.38. The summed E-state index contributed by atoms with van der Waals surface area (Å²) >= 11 is 0. The Balaban J connectivity index is 2.63. The number of rotatable bonds is 7. The molecule has 0 atom stereocenters. The van der Waals surface area contributed by atoms with Crippen LogP contribution in [0.3, 0.4) is 0 Å². The molecule has 0 unspecified atom stereocenters. The molecule has 114 valence electrons. The number of hydrogen-bond acceptors (Lipinski definition) is 2. The van der Waals surface area contributed by atoms with Gasteiger partial charge in [-0.3, -0.25) is 0 Å². The van der Waals surface area contributed by atoms with Gasteiger partial charge in [0.25, 0.3) is 0 Å². The zero-order valence-electron chi connectivity index (χ0n) is 13.6. The van der Waals surface area contributed by atoms with Crippen LogP contribution in [0.1, 0.15) is 52.5 Å². The SMILES string of the molecule is CCCCCN(C)c1ccc(CNC(C)(C)C)cc1F. The van der Waals surface area contributed by atoms with Gasteiger partial charge in [0.1, 0.15) is 5.82 Å². The fraction of sp³-hybridized carbons (Fsp3) is 0.647. The molecule has 1 aromatic carbocycles. The standard InChI is InChI=1S/C17H29FN2/c1-6-7-8-11-20(5)16-10-9-14(12-15(16)18)13-19-17(2,3)4/h9-10,12,19H,6-8,11,13H2,1-5H3. The van der Waals surface area contributed by atoms with Crippen molar-refractivity contribution in [1.82, 2.24) is 5.32 Å². The number of nitrogens with one attached hydrogen (secondary N) is 1. The van der Waals surface area contributed by atoms with E-state index in [-0.39, 0.29) is 11.4 Å². The molecule has 0 amide bonds. The lowest BCUT2D eigenvalue weighted by atomic mass is 10.1. The second-order valence-electron chi connectivity index (χ2n) is 6.52. The molecule has 0 aliphatic heterocycles. The topological polar surface area (TPSA) is 15.3 Å². The first-order chi connectivity index (χ1) is 9.33. The average molecular weight is 280 g/mol. The van der Waals surface area contributed by atoms with Crippen LogP contribution in [-0.4, -0.2) is 19.1 Å². The summed E-state index contributed by atoms with van der Waals surface area (Å²) in [4.78, 5) is 2.01. The number of benzene rings is 1. The van der Waals surface area contributed by atoms with E-state index in [1.54, 1.807) is 6.07 Å². The van der Waals surface area contributed by atoms with Crippen molar-refractivity contribution in [3.63, 3.8) is 0 Å². The van der Waals surface area contributed by atoms with Gasteiger partial charge in [0.2, 0.25) is 0 Å². The first-order valence-corrected chi connectivity index (χ1v) is 7.58. The van der Waals surface area contributed by atoms with Crippen molar-refractivity contribution >= 4 is 5.69 Å². The molecule has 2 nitrogen and oxygen atoms in total. The van der Waals surface area contributed by atoms with Gasteiger partial charge in [-0.1, -0.05) is 25.8 Å². The molecule has 0 bridgehead atoms. The molecule has 3 heteroatoms. The summed E-state index contributed by atoms with van der Waals surface area (Å²) in [5.41, 5.74) is 1.73. The van der Waals surface area contributed by atoms with Crippen molar-refractivity contribution in [2.75, 3.05) is 18.5 Å². The van der Waals surface area contributed by atoms with Crippen LogP contribution in [0.25, 0.3) is 0 Å². The second-order valence-corrected chi connectivity index (χ2v) is 6.52. The fourth-order valence-corrected chi connectivity index (χ4v) is 2.06. The zero-order chi connectivity index (χ0) is 15.2. The predicted octanol–water partition coefficient (Wildman–Crippen LogP) is 4.34. The van der Waals surface area contributed by atoms with Crippen LogP contribution in [0.5, 0.6) is 0 Å². The van der Waals surface area contributed by atoms with E-state index in [9.17, 15) is 4.39 Å². The Bertz CT molecular complexity index is 410. The summed E-state index contributed by atoms with van der Waals surface area (Å²) in [7, 11) is 1.96. The van der Waals surface area contributed by atoms with Crippen molar-refractivity contribution in [2.24, 2.45) is 0 Å². The van der Waals surface area contributed by atoms with Crippen LogP contribution in [0.4, 0.5) is 10.1 Å². The lowest BCUT2D eigenvalue weighted by molar-refractivity contribution is 0.423. The van der Waals surface area contributed by atoms with Gasteiger partial charge >= 0.3 is 0 Å². The van der Waals surface area contributed by atoms with Crippen LogP contribution in [-0.2, 0) is 6.54 Å². The van der Waals surface area contributed by atoms with Crippen LogP contribution in [0.2, 0.25) is 0 Å². The normalized spacial score (nSPS) is 11.7. The Hall–Kier alpha value is -1.09. The zero-order valence-corrected chi connectivity index (χ0v) is 13.6. The highest BCUT2D eigenvalue weighted by Crippen LogP contribution is 2.20. The van der Waals surface area contributed by atoms with Gasteiger partial charge in [0.05, 0.1) is 5.69 Å². The van der Waals surface area contributed by atoms with Gasteiger partial charge in [0.15, 0.2) is 0 Å². The average Bonchev–Trinajstić information content (AvgIpc) is 2.35. The number of hydrogen-bond donors (Lipinski definition) is 1. The number of anilines is 1. The third kappa shape index (κ3) is 5.91. The Labute approximate surface area is 123 Å². The minimum atomic E-state index is -0.128. The van der Waals surface area contributed by atoms with E-state index in [0.29, 0.717) is 12.2 Å². The van der Waals surface area contributed by atoms with E-state index in [1.165, 1.54) is 12.8 Å². The van der Waals surface area contributed by atoms with Gasteiger partial charge in [-0.15, -0.1) is 0 Å². The van der Waals surface area contributed by atoms with Crippen molar-refractivity contribution in [1.29, 1.82) is 0 Å². The van der Waals surface area contributed by atoms with E-state index in [4.69, 9.17) is 0 Å². The highest BCUT2D eigenvalue weighted by Gasteiger charge is 2.11. The van der Waals surface area contributed by atoms with Gasteiger partial charge in [-0.25, -0.2) is 4.39 Å². The summed E-state index contributed by atoms with van der Waals surface area (Å²) < 4.78 is 14.2. The smallest absolute Gasteiger partial charge is 0.146 e. The molecule has 0 heterocycles. The highest BCUT2D eigenvalue weighted by atomic mass is 19.1. The molecular formula is C17H29FN2. The van der Waals surface area contributed by atoms with Gasteiger partial charge in [-0.2, -0.15) is 0 Å². The number of halogens is 1. The number of nitrogens with zero attached hydrogens (tertiary/aromatic N) is 1. The lowest BCUT2D eigenvalue weighted by Gasteiger charge is -2.22. The molecule has 0 aromatic heterocycles. The van der Waals surface area contributed by atoms with Crippen LogP contribution in [0, 0.1) is 5.82 Å². The molecule has 1 aromatic rings. The summed E-state index contributed by atoms with van der Waals surface area (Å²) in [6.07, 6.45) is 3.49. The first kappa shape index (κ1) is 17.0. The van der Waals surface area contributed by atoms with Crippen molar-refractivity contribution in [2.45, 2.75) is 59.0 Å². The molecule has 0 aliphatic carbocycles. The molecule has 1 N–H and O–H groups in total. The molecule has 0 spiro atoms. The highest BCUT2D eigenvalue weighted by molar-refractivity contribution is 5.48. The van der Waals surface area contributed by atoms with Gasteiger partial charge < -0.3 is 10.2 Å². The molecule has 1 rings (SSSR count). The molecule has 0 fully saturated rings. The Morgan fingerprint density at radius 2 is 1.90 bits per heavy atom. The Morgan fingerprint density at radius 1 is 1.20 bits per heavy atom. The first-order valence-electron chi connectivity index (χ1n) is 7.58. The van der Waals surface area contributed by atoms with E-state index in [2.05, 4.69) is 33.0 Å². The molecule has 0 radical (unpaired) electrons. The van der Waals surface area contributed by atoms with Crippen LogP contribution >= 0.6 is 0 Å². The fourth-order valence-electron chi connectivity index (χ4n) is 2.06. The van der Waals surface area contributed by atoms with Gasteiger partial charge in [0, 0.05) is 25.7 Å². The largest absolute Gasteiger partial charge is 0.372 e. The molecular weight excluding hydrogens is 251 g/mol. The van der Waals surface area contributed by atoms with E-state index in [0.717, 1.165) is 18.5 Å². The van der Waals surface area contributed by atoms with Crippen molar-refractivity contribution < 1.29 is 4.39 Å². The Morgan fingerprint density at radius 3 is 2.45 bits per heavy atom. The van der Waals surface area contributed by atoms with E-state index >= 15 is 0 Å². The minimum absolute atomic E-state index is 0.0477. The number of unbranched alkanes of at least 4 members (excludes halogenated alkanes) is 2. The third-order valence-electron chi connectivity index (χ3n) is 3.34. The molecule has 0 saturated carbocycles. The minimum Gasteiger partial charge on any atom is -0.372 e. The maximum atomic E-state index is 14.2. The Kier molecular flexibility index (Phi) is 6.47.